The SMILES string of the molecule is CC=C[N+](CCC)(CCC)CCCC. The van der Waals surface area contributed by atoms with Gasteiger partial charge in [0.1, 0.15) is 0 Å². The first-order valence-corrected chi connectivity index (χ1v) is 6.24. The zero-order valence-corrected chi connectivity index (χ0v) is 10.6. The highest BCUT2D eigenvalue weighted by atomic mass is 15.3. The normalized spacial score (nSPS) is 12.6. The topological polar surface area (TPSA) is 0 Å². The zero-order valence-electron chi connectivity index (χ0n) is 10.6. The summed E-state index contributed by atoms with van der Waals surface area (Å²) in [6, 6.07) is 0. The Kier molecular flexibility index (Phi) is 7.87. The molecule has 0 saturated heterocycles. The van der Waals surface area contributed by atoms with Gasteiger partial charge in [-0.3, -0.25) is 4.48 Å². The van der Waals surface area contributed by atoms with E-state index in [1.165, 1.54) is 49.8 Å². The molecule has 84 valence electrons. The largest absolute Gasteiger partial charge is 0.298 e. The summed E-state index contributed by atoms with van der Waals surface area (Å²) >= 11 is 0. The van der Waals surface area contributed by atoms with Gasteiger partial charge < -0.3 is 0 Å². The van der Waals surface area contributed by atoms with Crippen molar-refractivity contribution in [1.29, 1.82) is 0 Å². The molecule has 0 atom stereocenters. The van der Waals surface area contributed by atoms with Crippen molar-refractivity contribution in [3.8, 4) is 0 Å². The van der Waals surface area contributed by atoms with Crippen molar-refractivity contribution in [3.63, 3.8) is 0 Å². The minimum atomic E-state index is 1.21. The first-order valence-electron chi connectivity index (χ1n) is 6.24. The summed E-state index contributed by atoms with van der Waals surface area (Å²) in [4.78, 5) is 0. The van der Waals surface area contributed by atoms with Crippen LogP contribution in [0.2, 0.25) is 0 Å². The van der Waals surface area contributed by atoms with Gasteiger partial charge in [-0.25, -0.2) is 0 Å². The summed E-state index contributed by atoms with van der Waals surface area (Å²) in [5, 5.41) is 0. The van der Waals surface area contributed by atoms with Gasteiger partial charge in [-0.1, -0.05) is 27.2 Å². The Morgan fingerprint density at radius 1 is 0.857 bits per heavy atom. The molecule has 0 aromatic rings. The number of rotatable bonds is 8. The molecule has 0 radical (unpaired) electrons. The molecular weight excluding hydrogens is 170 g/mol. The van der Waals surface area contributed by atoms with Crippen molar-refractivity contribution in [2.24, 2.45) is 0 Å². The van der Waals surface area contributed by atoms with E-state index in [9.17, 15) is 0 Å². The molecule has 0 rings (SSSR count). The third-order valence-electron chi connectivity index (χ3n) is 2.76. The van der Waals surface area contributed by atoms with Crippen LogP contribution in [0.15, 0.2) is 12.3 Å². The monoisotopic (exact) mass is 198 g/mol. The molecule has 0 bridgehead atoms. The molecule has 0 unspecified atom stereocenters. The van der Waals surface area contributed by atoms with Gasteiger partial charge in [0.25, 0.3) is 0 Å². The van der Waals surface area contributed by atoms with Crippen molar-refractivity contribution in [1.82, 2.24) is 0 Å². The molecule has 1 heteroatoms. The Labute approximate surface area is 90.4 Å². The first kappa shape index (κ1) is 13.7. The van der Waals surface area contributed by atoms with Crippen molar-refractivity contribution in [3.05, 3.63) is 12.3 Å². The van der Waals surface area contributed by atoms with Crippen molar-refractivity contribution in [2.45, 2.75) is 53.4 Å². The standard InChI is InChI=1S/C13H28N/c1-5-9-13-14(10-6-2,11-7-3)12-8-4/h6,10H,5,7-9,11-13H2,1-4H3/q+1. The van der Waals surface area contributed by atoms with Gasteiger partial charge in [-0.05, 0) is 32.3 Å². The molecule has 0 aliphatic heterocycles. The molecule has 14 heavy (non-hydrogen) atoms. The maximum atomic E-state index is 2.41. The molecule has 0 fully saturated rings. The maximum absolute atomic E-state index is 2.41. The highest BCUT2D eigenvalue weighted by molar-refractivity contribution is 4.69. The van der Waals surface area contributed by atoms with Crippen LogP contribution in [0.3, 0.4) is 0 Å². The van der Waals surface area contributed by atoms with Gasteiger partial charge in [0.15, 0.2) is 0 Å². The molecule has 0 N–H and O–H groups in total. The Morgan fingerprint density at radius 2 is 1.43 bits per heavy atom. The molecule has 0 amide bonds. The van der Waals surface area contributed by atoms with E-state index in [1.54, 1.807) is 0 Å². The second kappa shape index (κ2) is 8.05. The van der Waals surface area contributed by atoms with Crippen molar-refractivity contribution >= 4 is 0 Å². The molecule has 0 spiro atoms. The van der Waals surface area contributed by atoms with Gasteiger partial charge in [0.05, 0.1) is 25.8 Å². The molecule has 0 saturated carbocycles. The Balaban J connectivity index is 4.37. The predicted octanol–water partition coefficient (Wildman–Crippen LogP) is 3.96. The van der Waals surface area contributed by atoms with Crippen molar-refractivity contribution in [2.75, 3.05) is 19.6 Å². The summed E-state index contributed by atoms with van der Waals surface area (Å²) in [6.07, 6.45) is 9.86. The second-order valence-electron chi connectivity index (χ2n) is 4.23. The van der Waals surface area contributed by atoms with E-state index in [0.29, 0.717) is 0 Å². The summed E-state index contributed by atoms with van der Waals surface area (Å²) in [7, 11) is 0. The highest BCUT2D eigenvalue weighted by Gasteiger charge is 2.21. The fraction of sp³-hybridized carbons (Fsp3) is 0.846. The van der Waals surface area contributed by atoms with Gasteiger partial charge in [0.2, 0.25) is 0 Å². The number of nitrogens with zero attached hydrogens (tertiary/aromatic N) is 1. The van der Waals surface area contributed by atoms with Crippen molar-refractivity contribution < 1.29 is 4.48 Å². The van der Waals surface area contributed by atoms with E-state index < -0.39 is 0 Å². The Morgan fingerprint density at radius 3 is 1.79 bits per heavy atom. The van der Waals surface area contributed by atoms with Crippen LogP contribution in [0.5, 0.6) is 0 Å². The van der Waals surface area contributed by atoms with Crippen LogP contribution in [0.4, 0.5) is 0 Å². The minimum Gasteiger partial charge on any atom is -0.298 e. The van der Waals surface area contributed by atoms with Crippen LogP contribution in [0.25, 0.3) is 0 Å². The first-order chi connectivity index (χ1) is 6.74. The lowest BCUT2D eigenvalue weighted by Crippen LogP contribution is -2.44. The summed E-state index contributed by atoms with van der Waals surface area (Å²) in [6.45, 7) is 12.9. The summed E-state index contributed by atoms with van der Waals surface area (Å²) in [5.41, 5.74) is 0. The Bertz CT molecular complexity index is 143. The summed E-state index contributed by atoms with van der Waals surface area (Å²) in [5.74, 6) is 0. The molecule has 0 aliphatic rings. The zero-order chi connectivity index (χ0) is 10.9. The average molecular weight is 198 g/mol. The quantitative estimate of drug-likeness (QED) is 0.518. The summed E-state index contributed by atoms with van der Waals surface area (Å²) < 4.78 is 1.21. The van der Waals surface area contributed by atoms with E-state index in [2.05, 4.69) is 40.0 Å². The van der Waals surface area contributed by atoms with Gasteiger partial charge in [0, 0.05) is 0 Å². The molecule has 1 nitrogen and oxygen atoms in total. The fourth-order valence-electron chi connectivity index (χ4n) is 2.24. The van der Waals surface area contributed by atoms with Gasteiger partial charge in [-0.2, -0.15) is 0 Å². The van der Waals surface area contributed by atoms with Crippen LogP contribution in [-0.2, 0) is 0 Å². The number of unbranched alkanes of at least 4 members (excludes halogenated alkanes) is 1. The van der Waals surface area contributed by atoms with E-state index in [1.807, 2.05) is 0 Å². The number of hydrogen-bond donors (Lipinski definition) is 0. The third-order valence-corrected chi connectivity index (χ3v) is 2.76. The van der Waals surface area contributed by atoms with E-state index in [-0.39, 0.29) is 0 Å². The van der Waals surface area contributed by atoms with Crippen LogP contribution in [0, 0.1) is 0 Å². The maximum Gasteiger partial charge on any atom is 0.0915 e. The smallest absolute Gasteiger partial charge is 0.0915 e. The molecule has 0 aliphatic carbocycles. The minimum absolute atomic E-state index is 1.21. The fourth-order valence-corrected chi connectivity index (χ4v) is 2.24. The molecule has 0 heterocycles. The number of hydrogen-bond acceptors (Lipinski definition) is 0. The Hall–Kier alpha value is -0.300. The van der Waals surface area contributed by atoms with Crippen LogP contribution in [0.1, 0.15) is 53.4 Å². The van der Waals surface area contributed by atoms with Gasteiger partial charge in [-0.15, -0.1) is 0 Å². The molecular formula is C13H28N+. The second-order valence-corrected chi connectivity index (χ2v) is 4.23. The lowest BCUT2D eigenvalue weighted by molar-refractivity contribution is -0.880. The number of allylic oxidation sites excluding steroid dienone is 1. The predicted molar refractivity (Wildman–Crippen MR) is 65.2 cm³/mol. The average Bonchev–Trinajstić information content (AvgIpc) is 2.16. The lowest BCUT2D eigenvalue weighted by atomic mass is 10.2. The van der Waals surface area contributed by atoms with E-state index in [0.717, 1.165) is 0 Å². The van der Waals surface area contributed by atoms with Gasteiger partial charge >= 0.3 is 0 Å². The van der Waals surface area contributed by atoms with E-state index >= 15 is 0 Å². The van der Waals surface area contributed by atoms with Crippen LogP contribution < -0.4 is 0 Å². The number of quaternary nitrogens is 1. The van der Waals surface area contributed by atoms with E-state index in [4.69, 9.17) is 0 Å². The lowest BCUT2D eigenvalue weighted by Gasteiger charge is -2.34. The molecule has 0 aromatic heterocycles. The highest BCUT2D eigenvalue weighted by Crippen LogP contribution is 2.13. The van der Waals surface area contributed by atoms with Crippen LogP contribution in [-0.4, -0.2) is 24.1 Å². The molecule has 0 aromatic carbocycles. The van der Waals surface area contributed by atoms with Crippen LogP contribution >= 0.6 is 0 Å². The third kappa shape index (κ3) is 4.80.